The summed E-state index contributed by atoms with van der Waals surface area (Å²) in [6.45, 7) is 3.48. The first-order valence-electron chi connectivity index (χ1n) is 17.0. The second kappa shape index (κ2) is 12.5. The van der Waals surface area contributed by atoms with Crippen molar-refractivity contribution in [1.82, 2.24) is 9.30 Å². The molecule has 2 aromatic heterocycles. The fraction of sp³-hybridized carbons (Fsp3) is 0.209. The summed E-state index contributed by atoms with van der Waals surface area (Å²) in [7, 11) is 1.66. The first-order valence-corrected chi connectivity index (χ1v) is 17.0. The van der Waals surface area contributed by atoms with Gasteiger partial charge in [-0.05, 0) is 82.8 Å². The smallest absolute Gasteiger partial charge is 0.343 e. The largest absolute Gasteiger partial charge is 0.494 e. The predicted molar refractivity (Wildman–Crippen MR) is 192 cm³/mol. The summed E-state index contributed by atoms with van der Waals surface area (Å²) in [4.78, 5) is 28.9. The van der Waals surface area contributed by atoms with Gasteiger partial charge in [-0.15, -0.1) is 0 Å². The number of nitrogens with zero attached hydrogens (tertiary/aromatic N) is 2. The Morgan fingerprint density at radius 3 is 1.92 bits per heavy atom. The third-order valence-corrected chi connectivity index (χ3v) is 10.1. The second-order valence-corrected chi connectivity index (χ2v) is 12.9. The van der Waals surface area contributed by atoms with E-state index in [9.17, 15) is 9.59 Å². The first-order chi connectivity index (χ1) is 24.0. The highest BCUT2D eigenvalue weighted by atomic mass is 16.5. The summed E-state index contributed by atoms with van der Waals surface area (Å²) < 4.78 is 12.9. The van der Waals surface area contributed by atoms with Gasteiger partial charge in [-0.3, -0.25) is 14.1 Å². The van der Waals surface area contributed by atoms with Crippen LogP contribution in [0.5, 0.6) is 5.75 Å². The lowest BCUT2D eigenvalue weighted by molar-refractivity contribution is 0.0524. The minimum Gasteiger partial charge on any atom is -0.494 e. The number of aromatic nitrogens is 1. The maximum absolute atomic E-state index is 13.6. The van der Waals surface area contributed by atoms with E-state index in [0.29, 0.717) is 5.75 Å². The number of hydrogen-bond donors (Lipinski definition) is 0. The number of benzene rings is 4. The Morgan fingerprint density at radius 1 is 0.776 bits per heavy atom. The molecule has 8 rings (SSSR count). The Morgan fingerprint density at radius 2 is 1.37 bits per heavy atom. The molecule has 0 saturated heterocycles. The molecule has 2 aliphatic rings. The maximum atomic E-state index is 13.6. The summed E-state index contributed by atoms with van der Waals surface area (Å²) in [5.74, 6) is 0.315. The molecule has 49 heavy (non-hydrogen) atoms. The quantitative estimate of drug-likeness (QED) is 0.117. The van der Waals surface area contributed by atoms with E-state index in [4.69, 9.17) is 9.47 Å². The average Bonchev–Trinajstić information content (AvgIpc) is 3.91. The van der Waals surface area contributed by atoms with Crippen molar-refractivity contribution in [2.75, 3.05) is 13.7 Å². The Bertz CT molecular complexity index is 2130. The van der Waals surface area contributed by atoms with Gasteiger partial charge in [0, 0.05) is 24.8 Å². The molecule has 4 aromatic carbocycles. The molecule has 6 nitrogen and oxygen atoms in total. The molecule has 0 N–H and O–H groups in total. The van der Waals surface area contributed by atoms with Crippen LogP contribution in [0.4, 0.5) is 0 Å². The summed E-state index contributed by atoms with van der Waals surface area (Å²) in [5.41, 5.74) is 8.95. The Labute approximate surface area is 286 Å². The molecule has 244 valence electrons. The molecule has 1 saturated carbocycles. The zero-order valence-corrected chi connectivity index (χ0v) is 27.8. The minimum atomic E-state index is -0.590. The number of carbonyl (C=O) groups is 1. The van der Waals surface area contributed by atoms with Crippen molar-refractivity contribution in [3.63, 3.8) is 0 Å². The number of carbonyl (C=O) groups excluding carboxylic acids is 1. The minimum absolute atomic E-state index is 0.0624. The van der Waals surface area contributed by atoms with Crippen LogP contribution in [-0.4, -0.2) is 29.0 Å². The number of esters is 1. The molecule has 1 aliphatic heterocycles. The molecule has 0 spiro atoms. The molecular formula is C43H38N2O4. The number of ether oxygens (including phenoxy) is 2. The third kappa shape index (κ3) is 5.15. The lowest BCUT2D eigenvalue weighted by atomic mass is 9.75. The molecule has 6 heteroatoms. The van der Waals surface area contributed by atoms with Crippen molar-refractivity contribution in [2.24, 2.45) is 0 Å². The van der Waals surface area contributed by atoms with Gasteiger partial charge in [-0.1, -0.05) is 103 Å². The molecule has 1 aliphatic carbocycles. The van der Waals surface area contributed by atoms with Crippen LogP contribution >= 0.6 is 0 Å². The van der Waals surface area contributed by atoms with Crippen molar-refractivity contribution < 1.29 is 14.3 Å². The van der Waals surface area contributed by atoms with Gasteiger partial charge in [0.2, 0.25) is 0 Å². The zero-order chi connectivity index (χ0) is 33.5. The van der Waals surface area contributed by atoms with Crippen molar-refractivity contribution >= 4 is 11.5 Å². The molecular weight excluding hydrogens is 608 g/mol. The number of fused-ring (bicyclic) bond motifs is 2. The van der Waals surface area contributed by atoms with E-state index >= 15 is 0 Å². The van der Waals surface area contributed by atoms with E-state index in [2.05, 4.69) is 114 Å². The van der Waals surface area contributed by atoms with E-state index in [-0.39, 0.29) is 18.1 Å². The van der Waals surface area contributed by atoms with Crippen molar-refractivity contribution in [3.05, 3.63) is 177 Å². The van der Waals surface area contributed by atoms with E-state index < -0.39 is 17.1 Å². The van der Waals surface area contributed by atoms with Gasteiger partial charge in [-0.2, -0.15) is 0 Å². The van der Waals surface area contributed by atoms with Crippen LogP contribution in [0.25, 0.3) is 16.6 Å². The van der Waals surface area contributed by atoms with Crippen LogP contribution in [-0.2, 0) is 23.4 Å². The SMILES string of the molecule is CCOC(=O)c1cc(C2CC2)c2c(OC)c(-c3ccc4c(c3)CN(C(c3ccccc3)(c3ccccc3)c3ccccc3)C4)ccn2c1=O. The molecule has 0 unspecified atom stereocenters. The summed E-state index contributed by atoms with van der Waals surface area (Å²) in [6, 6.07) is 42.7. The standard InChI is InChI=1S/C43H38N2O4/c1-3-49-42(47)38-26-37(29-19-20-29)39-40(48-2)36(23-24-45(39)41(38)46)30-21-22-31-27-44(28-32(31)25-30)43(33-13-7-4-8-14-33,34-15-9-5-10-16-34)35-17-11-6-12-18-35/h4-18,21-26,29H,3,19-20,27-28H2,1-2H3. The third-order valence-electron chi connectivity index (χ3n) is 10.1. The van der Waals surface area contributed by atoms with E-state index in [1.54, 1.807) is 30.7 Å². The van der Waals surface area contributed by atoms with Gasteiger partial charge in [0.05, 0.1) is 24.8 Å². The van der Waals surface area contributed by atoms with Crippen molar-refractivity contribution in [2.45, 2.75) is 44.3 Å². The van der Waals surface area contributed by atoms with Crippen LogP contribution in [0.3, 0.4) is 0 Å². The normalized spacial score (nSPS) is 14.5. The number of rotatable bonds is 9. The molecule has 0 amide bonds. The van der Waals surface area contributed by atoms with Gasteiger partial charge in [0.15, 0.2) is 5.75 Å². The highest BCUT2D eigenvalue weighted by molar-refractivity contribution is 5.91. The maximum Gasteiger partial charge on any atom is 0.343 e. The number of hydrogen-bond acceptors (Lipinski definition) is 5. The van der Waals surface area contributed by atoms with Crippen molar-refractivity contribution in [1.29, 1.82) is 0 Å². The van der Waals surface area contributed by atoms with Gasteiger partial charge in [-0.25, -0.2) is 4.79 Å². The van der Waals surface area contributed by atoms with E-state index in [1.807, 2.05) is 6.07 Å². The average molecular weight is 647 g/mol. The van der Waals surface area contributed by atoms with Crippen LogP contribution in [0.15, 0.2) is 132 Å². The van der Waals surface area contributed by atoms with Gasteiger partial charge in [0.25, 0.3) is 5.56 Å². The van der Waals surface area contributed by atoms with Crippen LogP contribution in [0.1, 0.15) is 69.4 Å². The Hall–Kier alpha value is -5.46. The molecule has 0 atom stereocenters. The van der Waals surface area contributed by atoms with Crippen LogP contribution < -0.4 is 10.3 Å². The highest BCUT2D eigenvalue weighted by Gasteiger charge is 2.44. The molecule has 0 radical (unpaired) electrons. The predicted octanol–water partition coefficient (Wildman–Crippen LogP) is 8.34. The molecule has 6 aromatic rings. The Balaban J connectivity index is 1.25. The fourth-order valence-electron chi connectivity index (χ4n) is 7.77. The Kier molecular flexibility index (Phi) is 7.89. The summed E-state index contributed by atoms with van der Waals surface area (Å²) in [6.07, 6.45) is 3.78. The monoisotopic (exact) mass is 646 g/mol. The van der Waals surface area contributed by atoms with Gasteiger partial charge >= 0.3 is 5.97 Å². The number of pyridine rings is 2. The zero-order valence-electron chi connectivity index (χ0n) is 27.8. The lowest BCUT2D eigenvalue weighted by Gasteiger charge is -2.43. The van der Waals surface area contributed by atoms with Gasteiger partial charge in [0.1, 0.15) is 5.56 Å². The highest BCUT2D eigenvalue weighted by Crippen LogP contribution is 2.48. The van der Waals surface area contributed by atoms with E-state index in [0.717, 1.165) is 48.1 Å². The lowest BCUT2D eigenvalue weighted by Crippen LogP contribution is -2.45. The molecule has 3 heterocycles. The number of methoxy groups -OCH3 is 1. The topological polar surface area (TPSA) is 60.3 Å². The second-order valence-electron chi connectivity index (χ2n) is 12.9. The van der Waals surface area contributed by atoms with Crippen molar-refractivity contribution in [3.8, 4) is 16.9 Å². The van der Waals surface area contributed by atoms with Gasteiger partial charge < -0.3 is 9.47 Å². The summed E-state index contributed by atoms with van der Waals surface area (Å²) in [5, 5.41) is 0. The first kappa shape index (κ1) is 30.8. The van der Waals surface area contributed by atoms with E-state index in [1.165, 1.54) is 27.8 Å². The fourth-order valence-corrected chi connectivity index (χ4v) is 7.77. The van der Waals surface area contributed by atoms with Crippen LogP contribution in [0, 0.1) is 0 Å². The summed E-state index contributed by atoms with van der Waals surface area (Å²) >= 11 is 0. The molecule has 0 bridgehead atoms. The molecule has 1 fully saturated rings. The van der Waals surface area contributed by atoms with Crippen LogP contribution in [0.2, 0.25) is 0 Å².